The Kier molecular flexibility index (Phi) is 4.83. The summed E-state index contributed by atoms with van der Waals surface area (Å²) in [5.41, 5.74) is 1.91. The fourth-order valence-corrected chi connectivity index (χ4v) is 2.67. The average Bonchev–Trinajstić information content (AvgIpc) is 2.49. The molecule has 5 heteroatoms. The number of amides is 1. The van der Waals surface area contributed by atoms with Crippen molar-refractivity contribution in [2.45, 2.75) is 26.2 Å². The maximum atomic E-state index is 12.3. The molecule has 0 radical (unpaired) electrons. The largest absolute Gasteiger partial charge is 0.496 e. The van der Waals surface area contributed by atoms with Crippen LogP contribution in [0.3, 0.4) is 0 Å². The minimum Gasteiger partial charge on any atom is -0.496 e. The van der Waals surface area contributed by atoms with E-state index in [-0.39, 0.29) is 12.3 Å². The number of aliphatic carboxylic acids is 1. The predicted octanol–water partition coefficient (Wildman–Crippen LogP) is 1.87. The second kappa shape index (κ2) is 6.61. The highest BCUT2D eigenvalue weighted by Crippen LogP contribution is 2.21. The summed E-state index contributed by atoms with van der Waals surface area (Å²) >= 11 is 0. The van der Waals surface area contributed by atoms with E-state index in [1.807, 2.05) is 25.1 Å². The number of piperidine rings is 1. The van der Waals surface area contributed by atoms with Crippen LogP contribution < -0.4 is 4.74 Å². The lowest BCUT2D eigenvalue weighted by molar-refractivity contribution is -0.145. The normalized spacial score (nSPS) is 18.4. The van der Waals surface area contributed by atoms with Crippen LogP contribution >= 0.6 is 0 Å². The fraction of sp³-hybridized carbons (Fsp3) is 0.500. The minimum atomic E-state index is -0.815. The number of methoxy groups -OCH3 is 1. The van der Waals surface area contributed by atoms with E-state index in [2.05, 4.69) is 0 Å². The van der Waals surface area contributed by atoms with Crippen LogP contribution in [0, 0.1) is 12.8 Å². The van der Waals surface area contributed by atoms with Gasteiger partial charge in [0.2, 0.25) is 5.91 Å². The molecular formula is C16H21NO4. The molecule has 1 atom stereocenters. The molecule has 0 saturated carbocycles. The summed E-state index contributed by atoms with van der Waals surface area (Å²) in [6, 6.07) is 5.71. The monoisotopic (exact) mass is 291 g/mol. The lowest BCUT2D eigenvalue weighted by atomic mass is 9.97. The summed E-state index contributed by atoms with van der Waals surface area (Å²) in [6.07, 6.45) is 1.68. The zero-order chi connectivity index (χ0) is 15.4. The molecule has 1 aromatic carbocycles. The predicted molar refractivity (Wildman–Crippen MR) is 78.4 cm³/mol. The number of hydrogen-bond donors (Lipinski definition) is 1. The number of likely N-dealkylation sites (tertiary alicyclic amines) is 1. The molecular weight excluding hydrogens is 270 g/mol. The molecule has 1 aromatic rings. The van der Waals surface area contributed by atoms with Crippen molar-refractivity contribution >= 4 is 11.9 Å². The van der Waals surface area contributed by atoms with Crippen molar-refractivity contribution in [3.05, 3.63) is 29.3 Å². The van der Waals surface area contributed by atoms with E-state index in [4.69, 9.17) is 9.84 Å². The van der Waals surface area contributed by atoms with Gasteiger partial charge < -0.3 is 14.7 Å². The Morgan fingerprint density at radius 1 is 1.43 bits per heavy atom. The van der Waals surface area contributed by atoms with Gasteiger partial charge in [-0.1, -0.05) is 12.1 Å². The second-order valence-corrected chi connectivity index (χ2v) is 5.50. The molecule has 1 aliphatic rings. The molecule has 1 aliphatic heterocycles. The Morgan fingerprint density at radius 2 is 2.19 bits per heavy atom. The van der Waals surface area contributed by atoms with Crippen molar-refractivity contribution in [2.75, 3.05) is 20.2 Å². The molecule has 1 heterocycles. The SMILES string of the molecule is COc1cc(CC(=O)N2CCC[C@@H](C(=O)O)C2)ccc1C. The van der Waals surface area contributed by atoms with Gasteiger partial charge in [-0.25, -0.2) is 0 Å². The van der Waals surface area contributed by atoms with Crippen LogP contribution in [0.4, 0.5) is 0 Å². The minimum absolute atomic E-state index is 0.0214. The number of carbonyl (C=O) groups is 2. The quantitative estimate of drug-likeness (QED) is 0.919. The first-order valence-corrected chi connectivity index (χ1v) is 7.15. The van der Waals surface area contributed by atoms with Crippen molar-refractivity contribution in [3.8, 4) is 5.75 Å². The number of carboxylic acid groups (broad SMARTS) is 1. The summed E-state index contributed by atoms with van der Waals surface area (Å²) in [5, 5.41) is 9.07. The highest BCUT2D eigenvalue weighted by Gasteiger charge is 2.28. The number of nitrogens with zero attached hydrogens (tertiary/aromatic N) is 1. The van der Waals surface area contributed by atoms with Gasteiger partial charge in [0, 0.05) is 13.1 Å². The lowest BCUT2D eigenvalue weighted by Crippen LogP contribution is -2.42. The van der Waals surface area contributed by atoms with Gasteiger partial charge in [0.1, 0.15) is 5.75 Å². The molecule has 0 unspecified atom stereocenters. The van der Waals surface area contributed by atoms with Gasteiger partial charge in [-0.3, -0.25) is 9.59 Å². The van der Waals surface area contributed by atoms with Crippen molar-refractivity contribution < 1.29 is 19.4 Å². The Morgan fingerprint density at radius 3 is 2.86 bits per heavy atom. The molecule has 1 fully saturated rings. The van der Waals surface area contributed by atoms with Gasteiger partial charge in [-0.2, -0.15) is 0 Å². The Labute approximate surface area is 124 Å². The van der Waals surface area contributed by atoms with Crippen LogP contribution in [-0.2, 0) is 16.0 Å². The maximum absolute atomic E-state index is 12.3. The first-order valence-electron chi connectivity index (χ1n) is 7.15. The summed E-state index contributed by atoms with van der Waals surface area (Å²) in [5.74, 6) is -0.506. The first kappa shape index (κ1) is 15.4. The highest BCUT2D eigenvalue weighted by molar-refractivity contribution is 5.80. The van der Waals surface area contributed by atoms with Gasteiger partial charge in [0.15, 0.2) is 0 Å². The molecule has 5 nitrogen and oxygen atoms in total. The van der Waals surface area contributed by atoms with E-state index < -0.39 is 11.9 Å². The van der Waals surface area contributed by atoms with Crippen molar-refractivity contribution in [1.82, 2.24) is 4.90 Å². The number of hydrogen-bond acceptors (Lipinski definition) is 3. The number of benzene rings is 1. The first-order chi connectivity index (χ1) is 10.0. The van der Waals surface area contributed by atoms with E-state index in [0.717, 1.165) is 23.3 Å². The van der Waals surface area contributed by atoms with Gasteiger partial charge in [0.25, 0.3) is 0 Å². The number of carboxylic acids is 1. The molecule has 2 rings (SSSR count). The Hall–Kier alpha value is -2.04. The Bertz CT molecular complexity index is 541. The van der Waals surface area contributed by atoms with Gasteiger partial charge >= 0.3 is 5.97 Å². The number of aryl methyl sites for hydroxylation is 1. The molecule has 21 heavy (non-hydrogen) atoms. The molecule has 0 bridgehead atoms. The fourth-order valence-electron chi connectivity index (χ4n) is 2.67. The van der Waals surface area contributed by atoms with Crippen molar-refractivity contribution in [1.29, 1.82) is 0 Å². The van der Waals surface area contributed by atoms with Crippen molar-refractivity contribution in [3.63, 3.8) is 0 Å². The average molecular weight is 291 g/mol. The summed E-state index contributed by atoms with van der Waals surface area (Å²) in [4.78, 5) is 25.0. The van der Waals surface area contributed by atoms with E-state index in [1.165, 1.54) is 0 Å². The topological polar surface area (TPSA) is 66.8 Å². The lowest BCUT2D eigenvalue weighted by Gasteiger charge is -2.30. The van der Waals surface area contributed by atoms with Gasteiger partial charge in [-0.05, 0) is 37.0 Å². The van der Waals surface area contributed by atoms with E-state index in [9.17, 15) is 9.59 Å². The zero-order valence-corrected chi connectivity index (χ0v) is 12.5. The molecule has 0 aliphatic carbocycles. The van der Waals surface area contributed by atoms with E-state index in [0.29, 0.717) is 19.5 Å². The molecule has 1 saturated heterocycles. The van der Waals surface area contributed by atoms with Crippen LogP contribution in [-0.4, -0.2) is 42.1 Å². The molecule has 1 N–H and O–H groups in total. The summed E-state index contributed by atoms with van der Waals surface area (Å²) < 4.78 is 5.26. The molecule has 1 amide bonds. The zero-order valence-electron chi connectivity index (χ0n) is 12.5. The molecule has 114 valence electrons. The summed E-state index contributed by atoms with van der Waals surface area (Å²) in [6.45, 7) is 2.91. The van der Waals surface area contributed by atoms with Crippen molar-refractivity contribution in [2.24, 2.45) is 5.92 Å². The number of ether oxygens (including phenoxy) is 1. The maximum Gasteiger partial charge on any atom is 0.308 e. The number of carbonyl (C=O) groups excluding carboxylic acids is 1. The highest BCUT2D eigenvalue weighted by atomic mass is 16.5. The molecule has 0 spiro atoms. The van der Waals surface area contributed by atoms with Gasteiger partial charge in [0.05, 0.1) is 19.4 Å². The van der Waals surface area contributed by atoms with E-state index in [1.54, 1.807) is 12.0 Å². The van der Waals surface area contributed by atoms with Crippen LogP contribution in [0.5, 0.6) is 5.75 Å². The van der Waals surface area contributed by atoms with Crippen LogP contribution in [0.25, 0.3) is 0 Å². The van der Waals surface area contributed by atoms with Crippen LogP contribution in [0.1, 0.15) is 24.0 Å². The smallest absolute Gasteiger partial charge is 0.308 e. The standard InChI is InChI=1S/C16H21NO4/c1-11-5-6-12(8-14(11)21-2)9-15(18)17-7-3-4-13(10-17)16(19)20/h5-6,8,13H,3-4,7,9-10H2,1-2H3,(H,19,20)/t13-/m1/s1. The van der Waals surface area contributed by atoms with E-state index >= 15 is 0 Å². The summed E-state index contributed by atoms with van der Waals surface area (Å²) in [7, 11) is 1.61. The third kappa shape index (κ3) is 3.74. The third-order valence-corrected chi connectivity index (χ3v) is 3.95. The third-order valence-electron chi connectivity index (χ3n) is 3.95. The second-order valence-electron chi connectivity index (χ2n) is 5.50. The van der Waals surface area contributed by atoms with Crippen LogP contribution in [0.15, 0.2) is 18.2 Å². The Balaban J connectivity index is 2.02. The number of rotatable bonds is 4. The van der Waals surface area contributed by atoms with Gasteiger partial charge in [-0.15, -0.1) is 0 Å². The molecule has 0 aromatic heterocycles. The van der Waals surface area contributed by atoms with Crippen LogP contribution in [0.2, 0.25) is 0 Å².